The summed E-state index contributed by atoms with van der Waals surface area (Å²) >= 11 is 5.68. The normalized spacial score (nSPS) is 21.4. The van der Waals surface area contributed by atoms with Crippen LogP contribution in [-0.4, -0.2) is 11.9 Å². The van der Waals surface area contributed by atoms with Gasteiger partial charge < -0.3 is 4.74 Å². The number of cyclic esters (lactones) is 2. The molecule has 0 unspecified atom stereocenters. The molecule has 1 saturated heterocycles. The minimum absolute atomic E-state index is 0.0319. The molecule has 0 aromatic heterocycles. The van der Waals surface area contributed by atoms with Crippen LogP contribution in [0.5, 0.6) is 0 Å². The van der Waals surface area contributed by atoms with Gasteiger partial charge in [0.1, 0.15) is 0 Å². The molecule has 1 aliphatic rings. The first-order chi connectivity index (χ1) is 8.82. The van der Waals surface area contributed by atoms with E-state index in [1.807, 2.05) is 0 Å². The third-order valence-corrected chi connectivity index (χ3v) is 2.26. The SMILES string of the molecule is [2H]c1c([2H])c(C2CC(=O)OC(=O)C2)c([2H])c([2H])c1Cl. The summed E-state index contributed by atoms with van der Waals surface area (Å²) in [4.78, 5) is 22.5. The van der Waals surface area contributed by atoms with Crippen molar-refractivity contribution in [1.29, 1.82) is 0 Å². The topological polar surface area (TPSA) is 43.4 Å². The first kappa shape index (κ1) is 6.28. The predicted octanol–water partition coefficient (Wildman–Crippen LogP) is 2.29. The Morgan fingerprint density at radius 2 is 1.73 bits per heavy atom. The van der Waals surface area contributed by atoms with Gasteiger partial charge in [-0.3, -0.25) is 9.59 Å². The molecule has 3 nitrogen and oxygen atoms in total. The van der Waals surface area contributed by atoms with Crippen LogP contribution in [0.4, 0.5) is 0 Å². The molecule has 78 valence electrons. The highest BCUT2D eigenvalue weighted by molar-refractivity contribution is 6.30. The number of carbonyl (C=O) groups is 2. The lowest BCUT2D eigenvalue weighted by atomic mass is 9.91. The Labute approximate surface area is 97.6 Å². The van der Waals surface area contributed by atoms with Crippen LogP contribution < -0.4 is 0 Å². The van der Waals surface area contributed by atoms with Gasteiger partial charge in [0, 0.05) is 10.9 Å². The van der Waals surface area contributed by atoms with Crippen LogP contribution in [0.3, 0.4) is 0 Å². The van der Waals surface area contributed by atoms with Crippen molar-refractivity contribution >= 4 is 23.5 Å². The number of carbonyl (C=O) groups excluding carboxylic acids is 2. The second kappa shape index (κ2) is 4.03. The Kier molecular flexibility index (Phi) is 1.69. The van der Waals surface area contributed by atoms with Crippen molar-refractivity contribution in [1.82, 2.24) is 0 Å². The second-order valence-corrected chi connectivity index (χ2v) is 3.56. The van der Waals surface area contributed by atoms with Crippen LogP contribution >= 0.6 is 11.6 Å². The summed E-state index contributed by atoms with van der Waals surface area (Å²) in [5, 5.41) is -0.275. The molecule has 0 bridgehead atoms. The molecule has 4 heteroatoms. The fraction of sp³-hybridized carbons (Fsp3) is 0.273. The van der Waals surface area contributed by atoms with Crippen molar-refractivity contribution in [2.45, 2.75) is 18.8 Å². The van der Waals surface area contributed by atoms with Crippen molar-refractivity contribution in [3.8, 4) is 0 Å². The molecule has 1 fully saturated rings. The molecule has 1 heterocycles. The second-order valence-electron chi connectivity index (χ2n) is 3.18. The van der Waals surface area contributed by atoms with Crippen LogP contribution in [0.2, 0.25) is 5.02 Å². The first-order valence-corrected chi connectivity index (χ1v) is 4.70. The summed E-state index contributed by atoms with van der Waals surface area (Å²) in [7, 11) is 0. The Balaban J connectivity index is 2.56. The molecule has 0 saturated carbocycles. The van der Waals surface area contributed by atoms with E-state index in [2.05, 4.69) is 4.74 Å². The number of hydrogen-bond acceptors (Lipinski definition) is 3. The Morgan fingerprint density at radius 3 is 2.27 bits per heavy atom. The number of hydrogen-bond donors (Lipinski definition) is 0. The molecule has 1 aliphatic heterocycles. The third-order valence-electron chi connectivity index (χ3n) is 2.08. The lowest BCUT2D eigenvalue weighted by Crippen LogP contribution is -2.24. The summed E-state index contributed by atoms with van der Waals surface area (Å²) in [6.07, 6.45) is -0.298. The zero-order valence-corrected chi connectivity index (χ0v) is 8.35. The minimum Gasteiger partial charge on any atom is -0.393 e. The van der Waals surface area contributed by atoms with Crippen LogP contribution in [-0.2, 0) is 14.3 Å². The van der Waals surface area contributed by atoms with Crippen LogP contribution in [0, 0.1) is 0 Å². The van der Waals surface area contributed by atoms with Crippen LogP contribution in [0.1, 0.15) is 29.8 Å². The maximum absolute atomic E-state index is 11.2. The van der Waals surface area contributed by atoms with Gasteiger partial charge >= 0.3 is 11.9 Å². The lowest BCUT2D eigenvalue weighted by Gasteiger charge is -2.19. The molecule has 0 atom stereocenters. The summed E-state index contributed by atoms with van der Waals surface area (Å²) in [5.41, 5.74) is 0.0319. The number of esters is 2. The lowest BCUT2D eigenvalue weighted by molar-refractivity contribution is -0.163. The minimum atomic E-state index is -0.729. The van der Waals surface area contributed by atoms with Gasteiger partial charge in [-0.1, -0.05) is 23.7 Å². The molecular formula is C11H9ClO3. The van der Waals surface area contributed by atoms with E-state index in [0.717, 1.165) is 0 Å². The van der Waals surface area contributed by atoms with Crippen molar-refractivity contribution < 1.29 is 19.8 Å². The molecule has 1 aromatic rings. The highest BCUT2D eigenvalue weighted by Crippen LogP contribution is 2.28. The molecule has 15 heavy (non-hydrogen) atoms. The molecule has 2 rings (SSSR count). The van der Waals surface area contributed by atoms with E-state index in [1.54, 1.807) is 0 Å². The summed E-state index contributed by atoms with van der Waals surface area (Å²) in [6, 6.07) is -1.38. The van der Waals surface area contributed by atoms with E-state index in [-0.39, 0.29) is 47.6 Å². The molecular weight excluding hydrogens is 216 g/mol. The largest absolute Gasteiger partial charge is 0.393 e. The Hall–Kier alpha value is -1.35. The molecule has 1 aromatic carbocycles. The third kappa shape index (κ3) is 2.36. The van der Waals surface area contributed by atoms with Crippen molar-refractivity contribution in [2.75, 3.05) is 0 Å². The van der Waals surface area contributed by atoms with Crippen LogP contribution in [0.15, 0.2) is 24.2 Å². The van der Waals surface area contributed by atoms with E-state index in [0.29, 0.717) is 0 Å². The Morgan fingerprint density at radius 1 is 1.20 bits per heavy atom. The average molecular weight is 229 g/mol. The number of benzene rings is 1. The molecule has 0 N–H and O–H groups in total. The number of halogens is 1. The summed E-state index contributed by atoms with van der Waals surface area (Å²) < 4.78 is 35.2. The average Bonchev–Trinajstić information content (AvgIpc) is 2.33. The maximum Gasteiger partial charge on any atom is 0.314 e. The fourth-order valence-electron chi connectivity index (χ4n) is 1.40. The van der Waals surface area contributed by atoms with E-state index in [1.165, 1.54) is 0 Å². The maximum atomic E-state index is 11.2. The smallest absolute Gasteiger partial charge is 0.314 e. The van der Waals surface area contributed by atoms with E-state index in [9.17, 15) is 9.59 Å². The Bertz CT molecular complexity index is 543. The first-order valence-electron chi connectivity index (χ1n) is 6.32. The highest BCUT2D eigenvalue weighted by atomic mass is 35.5. The van der Waals surface area contributed by atoms with Gasteiger partial charge in [0.15, 0.2) is 0 Å². The molecule has 0 amide bonds. The summed E-state index contributed by atoms with van der Waals surface area (Å²) in [5.74, 6) is -2.17. The number of rotatable bonds is 1. The van der Waals surface area contributed by atoms with Crippen molar-refractivity contribution in [2.24, 2.45) is 0 Å². The van der Waals surface area contributed by atoms with Crippen molar-refractivity contribution in [3.05, 3.63) is 34.8 Å². The van der Waals surface area contributed by atoms with Crippen molar-refractivity contribution in [3.63, 3.8) is 0 Å². The van der Waals surface area contributed by atoms with Gasteiger partial charge in [-0.25, -0.2) is 0 Å². The fourth-order valence-corrected chi connectivity index (χ4v) is 1.49. The van der Waals surface area contributed by atoms with Gasteiger partial charge in [0.05, 0.1) is 18.3 Å². The van der Waals surface area contributed by atoms with Crippen LogP contribution in [0.25, 0.3) is 0 Å². The predicted molar refractivity (Wildman–Crippen MR) is 54.5 cm³/mol. The van der Waals surface area contributed by atoms with Gasteiger partial charge in [0.2, 0.25) is 0 Å². The zero-order chi connectivity index (χ0) is 14.3. The van der Waals surface area contributed by atoms with E-state index < -0.39 is 17.9 Å². The standard InChI is InChI=1S/C11H9ClO3/c12-9-3-1-7(2-4-9)8-5-10(13)15-11(14)6-8/h1-4,8H,5-6H2/i1D,2D,3D,4D. The van der Waals surface area contributed by atoms with Gasteiger partial charge in [-0.15, -0.1) is 0 Å². The molecule has 0 radical (unpaired) electrons. The highest BCUT2D eigenvalue weighted by Gasteiger charge is 2.27. The van der Waals surface area contributed by atoms with Gasteiger partial charge in [-0.2, -0.15) is 0 Å². The zero-order valence-electron chi connectivity index (χ0n) is 11.6. The quantitative estimate of drug-likeness (QED) is 0.547. The molecule has 0 aliphatic carbocycles. The monoisotopic (exact) mass is 228 g/mol. The summed E-state index contributed by atoms with van der Waals surface area (Å²) in [6.45, 7) is 0. The van der Waals surface area contributed by atoms with E-state index in [4.69, 9.17) is 17.1 Å². The van der Waals surface area contributed by atoms with Gasteiger partial charge in [-0.05, 0) is 17.6 Å². The number of ether oxygens (including phenoxy) is 1. The molecule has 0 spiro atoms. The van der Waals surface area contributed by atoms with Gasteiger partial charge in [0.25, 0.3) is 0 Å². The van der Waals surface area contributed by atoms with E-state index >= 15 is 0 Å².